The number of hydrogen-bond acceptors (Lipinski definition) is 7. The average Bonchev–Trinajstić information content (AvgIpc) is 3.03. The Labute approximate surface area is 271 Å². The number of fused-ring (bicyclic) bond motifs is 1. The van der Waals surface area contributed by atoms with Gasteiger partial charge in [-0.15, -0.1) is 18.3 Å². The number of nitrogens with zero attached hydrogens (tertiary/aromatic N) is 4. The molecule has 3 N–H and O–H groups in total. The van der Waals surface area contributed by atoms with Crippen molar-refractivity contribution >= 4 is 37.4 Å². The number of benzene rings is 3. The fourth-order valence-corrected chi connectivity index (χ4v) is 6.79. The number of phosphoric acid groups is 1. The molecule has 5 rings (SSSR count). The van der Waals surface area contributed by atoms with E-state index in [1.54, 1.807) is 39.9 Å². The molecule has 4 amide bonds. The molecule has 0 aromatic heterocycles. The van der Waals surface area contributed by atoms with Gasteiger partial charge in [0.2, 0.25) is 11.8 Å². The summed E-state index contributed by atoms with van der Waals surface area (Å²) in [5, 5.41) is 6.15. The van der Waals surface area contributed by atoms with Crippen LogP contribution in [0.15, 0.2) is 96.4 Å². The summed E-state index contributed by atoms with van der Waals surface area (Å²) < 4.78 is 16.0. The molecule has 2 aliphatic heterocycles. The normalized spacial score (nSPS) is 18.7. The number of urea groups is 1. The smallest absolute Gasteiger partial charge is 0.404 e. The van der Waals surface area contributed by atoms with E-state index >= 15 is 0 Å². The molecule has 242 valence electrons. The van der Waals surface area contributed by atoms with Crippen molar-refractivity contribution in [3.63, 3.8) is 0 Å². The molecule has 2 atom stereocenters. The van der Waals surface area contributed by atoms with Crippen LogP contribution in [-0.4, -0.2) is 85.5 Å². The van der Waals surface area contributed by atoms with Gasteiger partial charge in [-0.05, 0) is 41.1 Å². The van der Waals surface area contributed by atoms with Crippen molar-refractivity contribution in [3.05, 3.63) is 108 Å². The number of amides is 4. The summed E-state index contributed by atoms with van der Waals surface area (Å²) in [7, 11) is -4.75. The maximum absolute atomic E-state index is 14.2. The van der Waals surface area contributed by atoms with Crippen LogP contribution >= 0.6 is 19.6 Å². The molecule has 0 bridgehead atoms. The zero-order chi connectivity index (χ0) is 32.8. The summed E-state index contributed by atoms with van der Waals surface area (Å²) in [4.78, 5) is 64.4. The molecule has 2 aliphatic rings. The molecule has 0 radical (unpaired) electrons. The Bertz CT molecular complexity index is 1620. The number of piperazine rings is 1. The Morgan fingerprint density at radius 2 is 1.74 bits per heavy atom. The molecule has 3 aromatic carbocycles. The van der Waals surface area contributed by atoms with Crippen LogP contribution in [0.3, 0.4) is 0 Å². The first-order valence-corrected chi connectivity index (χ1v) is 17.4. The second-order valence-electron chi connectivity index (χ2n) is 10.9. The molecule has 46 heavy (non-hydrogen) atoms. The van der Waals surface area contributed by atoms with Gasteiger partial charge in [0.05, 0.1) is 13.1 Å². The van der Waals surface area contributed by atoms with Crippen molar-refractivity contribution in [1.29, 1.82) is 0 Å². The van der Waals surface area contributed by atoms with Crippen LogP contribution < -0.4 is 9.84 Å². The van der Waals surface area contributed by atoms with Crippen LogP contribution in [0.25, 0.3) is 0 Å². The number of nitrogens with one attached hydrogen (secondary N) is 1. The van der Waals surface area contributed by atoms with Crippen molar-refractivity contribution in [3.8, 4) is 5.75 Å². The highest BCUT2D eigenvalue weighted by Crippen LogP contribution is 2.38. The average molecular weight is 666 g/mol. The number of carbonyl (C=O) groups is 3. The predicted octanol–water partition coefficient (Wildman–Crippen LogP) is 3.62. The molecule has 2 saturated heterocycles. The second kappa shape index (κ2) is 14.5. The first-order chi connectivity index (χ1) is 22.1. The minimum absolute atomic E-state index is 0.0318. The molecule has 0 unspecified atom stereocenters. The number of carbonyl (C=O) groups excluding carboxylic acids is 3. The van der Waals surface area contributed by atoms with E-state index < -0.39 is 26.1 Å². The highest BCUT2D eigenvalue weighted by molar-refractivity contribution is 7.98. The van der Waals surface area contributed by atoms with Gasteiger partial charge in [0.15, 0.2) is 0 Å². The molecule has 0 spiro atoms. The zero-order valence-electron chi connectivity index (χ0n) is 25.3. The van der Waals surface area contributed by atoms with E-state index in [0.717, 1.165) is 16.0 Å². The summed E-state index contributed by atoms with van der Waals surface area (Å²) in [5.74, 6) is -0.601. The largest absolute Gasteiger partial charge is 0.524 e. The SMILES string of the molecule is C=CCN1CC(=O)N2[C@@H](Cc3ccc(OP(=O)(O)O)cc3)C(=O)N(Cc3ccccc3SC)C[C@@H]2N1C(=O)NCc1ccccc1. The van der Waals surface area contributed by atoms with Crippen molar-refractivity contribution in [2.24, 2.45) is 0 Å². The Morgan fingerprint density at radius 1 is 1.04 bits per heavy atom. The summed E-state index contributed by atoms with van der Waals surface area (Å²) in [6.45, 7) is 4.57. The van der Waals surface area contributed by atoms with Crippen molar-refractivity contribution in [2.75, 3.05) is 25.9 Å². The number of phosphoric ester groups is 1. The van der Waals surface area contributed by atoms with Crippen molar-refractivity contribution in [2.45, 2.75) is 36.6 Å². The lowest BCUT2D eigenvalue weighted by molar-refractivity contribution is -0.189. The second-order valence-corrected chi connectivity index (χ2v) is 12.9. The van der Waals surface area contributed by atoms with E-state index in [1.807, 2.05) is 60.9 Å². The van der Waals surface area contributed by atoms with Crippen LogP contribution in [0, 0.1) is 0 Å². The molecule has 14 heteroatoms. The van der Waals surface area contributed by atoms with Crippen LogP contribution in [0.5, 0.6) is 5.75 Å². The van der Waals surface area contributed by atoms with Crippen LogP contribution in [0.1, 0.15) is 16.7 Å². The van der Waals surface area contributed by atoms with Crippen molar-refractivity contribution < 1.29 is 33.3 Å². The van der Waals surface area contributed by atoms with Gasteiger partial charge >= 0.3 is 13.9 Å². The Balaban J connectivity index is 1.49. The number of hydrazine groups is 1. The molecular weight excluding hydrogens is 629 g/mol. The molecule has 0 aliphatic carbocycles. The summed E-state index contributed by atoms with van der Waals surface area (Å²) in [6.07, 6.45) is 2.89. The minimum Gasteiger partial charge on any atom is -0.404 e. The number of hydrogen-bond donors (Lipinski definition) is 3. The van der Waals surface area contributed by atoms with Gasteiger partial charge in [-0.1, -0.05) is 66.7 Å². The third-order valence-corrected chi connectivity index (χ3v) is 9.08. The lowest BCUT2D eigenvalue weighted by atomic mass is 9.98. The Hall–Kier alpha value is -4.13. The lowest BCUT2D eigenvalue weighted by Gasteiger charge is -2.55. The highest BCUT2D eigenvalue weighted by atomic mass is 32.2. The fourth-order valence-electron chi connectivity index (χ4n) is 5.78. The first-order valence-electron chi connectivity index (χ1n) is 14.6. The molecular formula is C32H36N5O7PS. The van der Waals surface area contributed by atoms with Gasteiger partial charge < -0.3 is 19.6 Å². The summed E-state index contributed by atoms with van der Waals surface area (Å²) in [5.41, 5.74) is 2.50. The maximum atomic E-state index is 14.2. The Kier molecular flexibility index (Phi) is 10.5. The van der Waals surface area contributed by atoms with Gasteiger partial charge in [-0.3, -0.25) is 19.4 Å². The van der Waals surface area contributed by atoms with Gasteiger partial charge in [0.1, 0.15) is 18.0 Å². The fraction of sp³-hybridized carbons (Fsp3) is 0.281. The topological polar surface area (TPSA) is 143 Å². The van der Waals surface area contributed by atoms with Gasteiger partial charge in [0, 0.05) is 31.0 Å². The zero-order valence-corrected chi connectivity index (χ0v) is 27.0. The molecule has 0 saturated carbocycles. The first kappa shape index (κ1) is 33.2. The predicted molar refractivity (Wildman–Crippen MR) is 173 cm³/mol. The highest BCUT2D eigenvalue weighted by Gasteiger charge is 2.51. The quantitative estimate of drug-likeness (QED) is 0.159. The standard InChI is InChI=1S/C32H36N5O7PS/c1-3-17-35-22-30(38)36-27(18-23-13-15-26(16-14-23)44-45(41,42)43)31(39)34(20-25-11-7-8-12-28(25)46-2)21-29(36)37(35)32(40)33-19-24-9-5-4-6-10-24/h3-16,27,29H,1,17-22H2,2H3,(H,33,40)(H2,41,42,43)/t27-,29-/m0/s1. The van der Waals surface area contributed by atoms with Gasteiger partial charge in [-0.25, -0.2) is 19.4 Å². The lowest BCUT2D eigenvalue weighted by Crippen LogP contribution is -2.76. The molecule has 2 fully saturated rings. The van der Waals surface area contributed by atoms with Crippen LogP contribution in [0.2, 0.25) is 0 Å². The summed E-state index contributed by atoms with van der Waals surface area (Å²) >= 11 is 1.57. The van der Waals surface area contributed by atoms with E-state index in [1.165, 1.54) is 22.0 Å². The van der Waals surface area contributed by atoms with Crippen molar-refractivity contribution in [1.82, 2.24) is 25.1 Å². The van der Waals surface area contributed by atoms with Crippen LogP contribution in [0.4, 0.5) is 4.79 Å². The van der Waals surface area contributed by atoms with E-state index in [-0.39, 0.29) is 56.7 Å². The summed E-state index contributed by atoms with van der Waals surface area (Å²) in [6, 6.07) is 21.9. The number of thioether (sulfide) groups is 1. The molecule has 12 nitrogen and oxygen atoms in total. The van der Waals surface area contributed by atoms with Gasteiger partial charge in [-0.2, -0.15) is 0 Å². The maximum Gasteiger partial charge on any atom is 0.524 e. The van der Waals surface area contributed by atoms with Crippen LogP contribution in [-0.2, 0) is 33.7 Å². The third kappa shape index (κ3) is 7.80. The molecule has 2 heterocycles. The van der Waals surface area contributed by atoms with E-state index in [0.29, 0.717) is 5.56 Å². The molecule has 3 aromatic rings. The van der Waals surface area contributed by atoms with Gasteiger partial charge in [0.25, 0.3) is 0 Å². The van der Waals surface area contributed by atoms with E-state index in [9.17, 15) is 18.9 Å². The number of rotatable bonds is 11. The minimum atomic E-state index is -4.75. The van der Waals surface area contributed by atoms with E-state index in [2.05, 4.69) is 16.4 Å². The van der Waals surface area contributed by atoms with E-state index in [4.69, 9.17) is 9.79 Å². The Morgan fingerprint density at radius 3 is 2.41 bits per heavy atom. The third-order valence-electron chi connectivity index (χ3n) is 7.80. The monoisotopic (exact) mass is 665 g/mol.